The molecule has 2 N–H and O–H groups in total. The van der Waals surface area contributed by atoms with Crippen LogP contribution in [0.5, 0.6) is 0 Å². The van der Waals surface area contributed by atoms with Crippen LogP contribution in [-0.2, 0) is 25.5 Å². The Labute approximate surface area is 156 Å². The highest BCUT2D eigenvalue weighted by Gasteiger charge is 2.19. The molecule has 7 heteroatoms. The number of ether oxygens (including phenoxy) is 1. The lowest BCUT2D eigenvalue weighted by Crippen LogP contribution is -2.29. The lowest BCUT2D eigenvalue weighted by Gasteiger charge is -2.15. The van der Waals surface area contributed by atoms with Crippen molar-refractivity contribution in [3.05, 3.63) is 52.2 Å². The summed E-state index contributed by atoms with van der Waals surface area (Å²) < 4.78 is 5.05. The second-order valence-electron chi connectivity index (χ2n) is 5.74. The van der Waals surface area contributed by atoms with Gasteiger partial charge < -0.3 is 15.4 Å². The number of rotatable bonds is 8. The van der Waals surface area contributed by atoms with E-state index in [1.165, 1.54) is 18.3 Å². The minimum atomic E-state index is -0.547. The van der Waals surface area contributed by atoms with E-state index in [4.69, 9.17) is 4.74 Å². The van der Waals surface area contributed by atoms with Crippen molar-refractivity contribution in [2.45, 2.75) is 32.7 Å². The molecule has 0 radical (unpaired) electrons. The molecular formula is C19H22N2O4S. The van der Waals surface area contributed by atoms with Crippen LogP contribution >= 0.6 is 11.3 Å². The lowest BCUT2D eigenvalue weighted by atomic mass is 10.1. The number of carbonyl (C=O) groups excluding carboxylic acids is 3. The molecule has 1 aromatic heterocycles. The Kier molecular flexibility index (Phi) is 7.35. The normalized spacial score (nSPS) is 11.5. The largest absolute Gasteiger partial charge is 0.455 e. The molecule has 138 valence electrons. The smallest absolute Gasteiger partial charge is 0.308 e. The Morgan fingerprint density at radius 2 is 2.00 bits per heavy atom. The number of anilines is 1. The Balaban J connectivity index is 1.84. The van der Waals surface area contributed by atoms with Crippen LogP contribution in [0.3, 0.4) is 0 Å². The van der Waals surface area contributed by atoms with Gasteiger partial charge in [0.2, 0.25) is 5.91 Å². The fraction of sp³-hybridized carbons (Fsp3) is 0.316. The Bertz CT molecular complexity index is 759. The predicted octanol–water partition coefficient (Wildman–Crippen LogP) is 3.06. The molecule has 6 nitrogen and oxygen atoms in total. The zero-order valence-corrected chi connectivity index (χ0v) is 15.6. The maximum Gasteiger partial charge on any atom is 0.308 e. The SMILES string of the molecule is CCc1cccc(NC(=O)COC(=O)CC(NC(C)=O)c2cccs2)c1. The van der Waals surface area contributed by atoms with Crippen LogP contribution in [-0.4, -0.2) is 24.4 Å². The van der Waals surface area contributed by atoms with E-state index >= 15 is 0 Å². The molecule has 0 aliphatic heterocycles. The number of esters is 1. The second kappa shape index (κ2) is 9.72. The van der Waals surface area contributed by atoms with E-state index < -0.39 is 17.9 Å². The third-order valence-electron chi connectivity index (χ3n) is 3.62. The van der Waals surface area contributed by atoms with Gasteiger partial charge in [0.05, 0.1) is 12.5 Å². The predicted molar refractivity (Wildman–Crippen MR) is 101 cm³/mol. The molecule has 0 fully saturated rings. The first-order valence-electron chi connectivity index (χ1n) is 8.33. The van der Waals surface area contributed by atoms with Crippen molar-refractivity contribution < 1.29 is 19.1 Å². The first-order chi connectivity index (χ1) is 12.5. The summed E-state index contributed by atoms with van der Waals surface area (Å²) in [5, 5.41) is 7.29. The standard InChI is InChI=1S/C19H22N2O4S/c1-3-14-6-4-7-15(10-14)21-18(23)12-25-19(24)11-16(20-13(2)22)17-8-5-9-26-17/h4-10,16H,3,11-12H2,1-2H3,(H,20,22)(H,21,23). The fourth-order valence-electron chi connectivity index (χ4n) is 2.40. The van der Waals surface area contributed by atoms with Crippen LogP contribution in [0.4, 0.5) is 5.69 Å². The summed E-state index contributed by atoms with van der Waals surface area (Å²) in [4.78, 5) is 36.2. The van der Waals surface area contributed by atoms with Gasteiger partial charge in [-0.1, -0.05) is 25.1 Å². The van der Waals surface area contributed by atoms with Crippen molar-refractivity contribution >= 4 is 34.8 Å². The van der Waals surface area contributed by atoms with E-state index in [0.717, 1.165) is 16.9 Å². The summed E-state index contributed by atoms with van der Waals surface area (Å²) in [6.45, 7) is 3.05. The average molecular weight is 374 g/mol. The highest BCUT2D eigenvalue weighted by molar-refractivity contribution is 7.10. The number of thiophene rings is 1. The van der Waals surface area contributed by atoms with Gasteiger partial charge in [-0.3, -0.25) is 14.4 Å². The van der Waals surface area contributed by atoms with Crippen molar-refractivity contribution in [1.82, 2.24) is 5.32 Å². The molecule has 1 aromatic carbocycles. The minimum Gasteiger partial charge on any atom is -0.455 e. The quantitative estimate of drug-likeness (QED) is 0.696. The van der Waals surface area contributed by atoms with Gasteiger partial charge in [-0.25, -0.2) is 0 Å². The number of carbonyl (C=O) groups is 3. The Hall–Kier alpha value is -2.67. The molecule has 2 aromatic rings. The summed E-state index contributed by atoms with van der Waals surface area (Å²) in [6.07, 6.45) is 0.838. The first-order valence-corrected chi connectivity index (χ1v) is 9.20. The van der Waals surface area contributed by atoms with E-state index in [2.05, 4.69) is 10.6 Å². The molecule has 1 unspecified atom stereocenters. The van der Waals surface area contributed by atoms with Crippen molar-refractivity contribution in [3.8, 4) is 0 Å². The molecule has 0 saturated heterocycles. The molecule has 2 rings (SSSR count). The number of aryl methyl sites for hydroxylation is 1. The van der Waals surface area contributed by atoms with Crippen molar-refractivity contribution in [3.63, 3.8) is 0 Å². The van der Waals surface area contributed by atoms with Crippen LogP contribution < -0.4 is 10.6 Å². The average Bonchev–Trinajstić information content (AvgIpc) is 3.14. The van der Waals surface area contributed by atoms with E-state index in [1.54, 1.807) is 6.07 Å². The number of benzene rings is 1. The van der Waals surface area contributed by atoms with Crippen LogP contribution in [0.25, 0.3) is 0 Å². The van der Waals surface area contributed by atoms with Crippen molar-refractivity contribution in [2.75, 3.05) is 11.9 Å². The molecule has 0 aliphatic rings. The number of amides is 2. The third kappa shape index (κ3) is 6.33. The zero-order chi connectivity index (χ0) is 18.9. The molecule has 0 aliphatic carbocycles. The van der Waals surface area contributed by atoms with Gasteiger partial charge in [-0.2, -0.15) is 0 Å². The number of hydrogen-bond acceptors (Lipinski definition) is 5. The van der Waals surface area contributed by atoms with Crippen molar-refractivity contribution in [2.24, 2.45) is 0 Å². The maximum absolute atomic E-state index is 12.0. The topological polar surface area (TPSA) is 84.5 Å². The monoisotopic (exact) mass is 374 g/mol. The third-order valence-corrected chi connectivity index (χ3v) is 4.60. The molecule has 26 heavy (non-hydrogen) atoms. The van der Waals surface area contributed by atoms with Crippen LogP contribution in [0, 0.1) is 0 Å². The van der Waals surface area contributed by atoms with Crippen LogP contribution in [0.1, 0.15) is 36.8 Å². The number of nitrogens with one attached hydrogen (secondary N) is 2. The minimum absolute atomic E-state index is 0.0291. The first kappa shape index (κ1) is 19.7. The molecule has 0 spiro atoms. The van der Waals surface area contributed by atoms with Gasteiger partial charge in [0.25, 0.3) is 5.91 Å². The Morgan fingerprint density at radius 3 is 2.65 bits per heavy atom. The zero-order valence-electron chi connectivity index (χ0n) is 14.8. The lowest BCUT2D eigenvalue weighted by molar-refractivity contribution is -0.147. The van der Waals surface area contributed by atoms with Gasteiger partial charge in [0.15, 0.2) is 6.61 Å². The molecule has 0 bridgehead atoms. The van der Waals surface area contributed by atoms with Crippen LogP contribution in [0.2, 0.25) is 0 Å². The second-order valence-corrected chi connectivity index (χ2v) is 6.71. The van der Waals surface area contributed by atoms with Gasteiger partial charge in [-0.05, 0) is 35.6 Å². The Morgan fingerprint density at radius 1 is 1.19 bits per heavy atom. The van der Waals surface area contributed by atoms with E-state index in [-0.39, 0.29) is 18.9 Å². The summed E-state index contributed by atoms with van der Waals surface area (Å²) in [7, 11) is 0. The summed E-state index contributed by atoms with van der Waals surface area (Å²) in [6, 6.07) is 10.7. The summed E-state index contributed by atoms with van der Waals surface area (Å²) >= 11 is 1.44. The van der Waals surface area contributed by atoms with E-state index in [1.807, 2.05) is 42.6 Å². The highest BCUT2D eigenvalue weighted by Crippen LogP contribution is 2.22. The van der Waals surface area contributed by atoms with Gasteiger partial charge >= 0.3 is 5.97 Å². The summed E-state index contributed by atoms with van der Waals surface area (Å²) in [5.41, 5.74) is 1.77. The molecule has 2 amide bonds. The maximum atomic E-state index is 12.0. The highest BCUT2D eigenvalue weighted by atomic mass is 32.1. The molecular weight excluding hydrogens is 352 g/mol. The van der Waals surface area contributed by atoms with E-state index in [0.29, 0.717) is 5.69 Å². The van der Waals surface area contributed by atoms with Crippen LogP contribution in [0.15, 0.2) is 41.8 Å². The fourth-order valence-corrected chi connectivity index (χ4v) is 3.17. The summed E-state index contributed by atoms with van der Waals surface area (Å²) in [5.74, 6) is -1.18. The number of hydrogen-bond donors (Lipinski definition) is 2. The van der Waals surface area contributed by atoms with Gasteiger partial charge in [0.1, 0.15) is 0 Å². The van der Waals surface area contributed by atoms with Gasteiger partial charge in [0, 0.05) is 17.5 Å². The van der Waals surface area contributed by atoms with Crippen molar-refractivity contribution in [1.29, 1.82) is 0 Å². The van der Waals surface area contributed by atoms with Gasteiger partial charge in [-0.15, -0.1) is 11.3 Å². The van der Waals surface area contributed by atoms with E-state index in [9.17, 15) is 14.4 Å². The molecule has 0 saturated carbocycles. The molecule has 1 heterocycles. The molecule has 1 atom stereocenters.